The fourth-order valence-electron chi connectivity index (χ4n) is 0.890. The molecule has 0 radical (unpaired) electrons. The minimum absolute atomic E-state index is 0. The average Bonchev–Trinajstić information content (AvgIpc) is 2.59. The topological polar surface area (TPSA) is 152 Å². The molecule has 10 nitrogen and oxygen atoms in total. The summed E-state index contributed by atoms with van der Waals surface area (Å²) in [5, 5.41) is 14.6. The molecule has 0 fully saturated rings. The Bertz CT molecular complexity index is 942. The van der Waals surface area contributed by atoms with Crippen LogP contribution in [0.1, 0.15) is 7.43 Å². The number of hydrogen-bond donors (Lipinski definition) is 2. The van der Waals surface area contributed by atoms with E-state index in [9.17, 15) is 39.5 Å². The van der Waals surface area contributed by atoms with E-state index in [1.54, 1.807) is 0 Å². The lowest BCUT2D eigenvalue weighted by Crippen LogP contribution is -2.34. The molecule has 0 aliphatic carbocycles. The number of ether oxygens (including phenoxy) is 1. The van der Waals surface area contributed by atoms with E-state index >= 15 is 0 Å². The summed E-state index contributed by atoms with van der Waals surface area (Å²) in [5.41, 5.74) is -0.241. The summed E-state index contributed by atoms with van der Waals surface area (Å²) < 4.78 is 79.7. The first-order valence-electron chi connectivity index (χ1n) is 6.37. The summed E-state index contributed by atoms with van der Waals surface area (Å²) in [7, 11) is -6.33. The molecule has 2 aromatic heterocycles. The van der Waals surface area contributed by atoms with Crippen molar-refractivity contribution in [2.24, 2.45) is 0 Å². The summed E-state index contributed by atoms with van der Waals surface area (Å²) in [5.74, 6) is -3.28. The normalized spacial score (nSPS) is 10.5. The number of carboxylic acid groups (broad SMARTS) is 1. The van der Waals surface area contributed by atoms with Gasteiger partial charge in [-0.15, -0.1) is 10.2 Å². The predicted octanol–water partition coefficient (Wildman–Crippen LogP) is 2.75. The first-order valence-corrected chi connectivity index (χ1v) is 8.51. The van der Waals surface area contributed by atoms with Crippen LogP contribution in [0.15, 0.2) is 29.1 Å². The monoisotopic (exact) mass is 504 g/mol. The van der Waals surface area contributed by atoms with Crippen LogP contribution in [-0.2, 0) is 15.0 Å². The molecule has 0 saturated heterocycles. The van der Waals surface area contributed by atoms with Crippen LogP contribution in [-0.4, -0.2) is 51.8 Å². The molecule has 0 aromatic carbocycles. The molecule has 30 heavy (non-hydrogen) atoms. The lowest BCUT2D eigenvalue weighted by molar-refractivity contribution is -0.154. The standard InChI is InChI=1S/C5H3ClF2N2O.C4H3ClN2O.C2HF3O4S.CH4/c6-3-1-2-4(10-9-3)11-5(7)8;5-3-1-2-4(8)7-6-3;3-2(4,1(6)7)10(5,8)9;/h1-2,5H;1-2H,(H,7,8);(H,6,7);1H4. The third-order valence-corrected chi connectivity index (χ3v) is 3.22. The molecule has 2 N–H and O–H groups in total. The molecule has 18 heteroatoms. The van der Waals surface area contributed by atoms with E-state index in [0.717, 1.165) is 0 Å². The molecule has 0 amide bonds. The number of nitrogens with zero attached hydrogens (tertiary/aromatic N) is 3. The second kappa shape index (κ2) is 12.9. The van der Waals surface area contributed by atoms with E-state index in [-0.39, 0.29) is 24.0 Å². The first-order chi connectivity index (χ1) is 13.2. The molecular formula is C12H11Cl2F5N4O6S. The molecule has 0 saturated carbocycles. The highest BCUT2D eigenvalue weighted by atomic mass is 35.5. The summed E-state index contributed by atoms with van der Waals surface area (Å²) >= 11 is 10.7. The molecule has 0 aliphatic rings. The summed E-state index contributed by atoms with van der Waals surface area (Å²) in [6.45, 7) is -2.88. The summed E-state index contributed by atoms with van der Waals surface area (Å²) in [6.07, 6.45) is 0. The Morgan fingerprint density at radius 2 is 1.67 bits per heavy atom. The fraction of sp³-hybridized carbons (Fsp3) is 0.250. The van der Waals surface area contributed by atoms with Gasteiger partial charge in [0, 0.05) is 12.1 Å². The average molecular weight is 505 g/mol. The van der Waals surface area contributed by atoms with Gasteiger partial charge in [0.25, 0.3) is 5.56 Å². The third kappa shape index (κ3) is 11.4. The van der Waals surface area contributed by atoms with E-state index < -0.39 is 28.1 Å². The number of aromatic nitrogens is 4. The quantitative estimate of drug-likeness (QED) is 0.472. The number of carbonyl (C=O) groups is 1. The van der Waals surface area contributed by atoms with Gasteiger partial charge in [-0.2, -0.15) is 31.1 Å². The number of nitrogens with one attached hydrogen (secondary N) is 1. The molecule has 0 bridgehead atoms. The SMILES string of the molecule is C.FC(F)Oc1ccc(Cl)nn1.O=C(O)C(F)(F)S(=O)(=O)F.O=c1ccc(Cl)n[nH]1. The Hall–Kier alpha value is -2.59. The molecule has 0 unspecified atom stereocenters. The summed E-state index contributed by atoms with van der Waals surface area (Å²) in [6, 6.07) is 5.27. The van der Waals surface area contributed by atoms with E-state index in [1.165, 1.54) is 24.3 Å². The molecule has 2 heterocycles. The van der Waals surface area contributed by atoms with Crippen LogP contribution in [0.2, 0.25) is 10.3 Å². The zero-order valence-corrected chi connectivity index (χ0v) is 15.6. The largest absolute Gasteiger partial charge is 0.476 e. The van der Waals surface area contributed by atoms with Crippen LogP contribution in [0, 0.1) is 0 Å². The van der Waals surface area contributed by atoms with Gasteiger partial charge in [0.2, 0.25) is 5.88 Å². The van der Waals surface area contributed by atoms with Gasteiger partial charge in [0.15, 0.2) is 5.15 Å². The number of hydrogen-bond acceptors (Lipinski definition) is 8. The molecular weight excluding hydrogens is 494 g/mol. The van der Waals surface area contributed by atoms with Gasteiger partial charge in [0.1, 0.15) is 5.15 Å². The lowest BCUT2D eigenvalue weighted by atomic mass is 10.6. The van der Waals surface area contributed by atoms with Crippen LogP contribution in [0.4, 0.5) is 21.4 Å². The molecule has 0 spiro atoms. The van der Waals surface area contributed by atoms with E-state index in [4.69, 9.17) is 28.3 Å². The van der Waals surface area contributed by atoms with Gasteiger partial charge in [-0.25, -0.2) is 9.89 Å². The van der Waals surface area contributed by atoms with Crippen molar-refractivity contribution in [2.45, 2.75) is 19.3 Å². The number of carboxylic acids is 1. The van der Waals surface area contributed by atoms with Gasteiger partial charge in [0.05, 0.1) is 0 Å². The van der Waals surface area contributed by atoms with E-state index in [2.05, 4.69) is 25.1 Å². The Kier molecular flexibility index (Phi) is 12.7. The maximum absolute atomic E-state index is 11.5. The predicted molar refractivity (Wildman–Crippen MR) is 92.9 cm³/mol. The smallest absolute Gasteiger partial charge is 0.470 e. The number of rotatable bonds is 4. The van der Waals surface area contributed by atoms with Crippen LogP contribution in [0.25, 0.3) is 0 Å². The number of alkyl halides is 4. The zero-order chi connectivity index (χ0) is 22.8. The van der Waals surface area contributed by atoms with Crippen molar-refractivity contribution in [3.63, 3.8) is 0 Å². The van der Waals surface area contributed by atoms with Gasteiger partial charge in [-0.05, 0) is 12.1 Å². The maximum Gasteiger partial charge on any atom is 0.470 e. The summed E-state index contributed by atoms with van der Waals surface area (Å²) in [4.78, 5) is 19.5. The molecule has 170 valence electrons. The third-order valence-electron chi connectivity index (χ3n) is 2.02. The van der Waals surface area contributed by atoms with Crippen LogP contribution < -0.4 is 10.3 Å². The second-order valence-electron chi connectivity index (χ2n) is 4.08. The highest BCUT2D eigenvalue weighted by molar-refractivity contribution is 7.88. The zero-order valence-electron chi connectivity index (χ0n) is 13.3. The highest BCUT2D eigenvalue weighted by Gasteiger charge is 2.54. The van der Waals surface area contributed by atoms with E-state index in [1.807, 2.05) is 0 Å². The number of aliphatic carboxylic acids is 1. The number of halogens is 7. The van der Waals surface area contributed by atoms with Crippen molar-refractivity contribution >= 4 is 39.4 Å². The Morgan fingerprint density at radius 3 is 1.93 bits per heavy atom. The number of H-pyrrole nitrogens is 1. The van der Waals surface area contributed by atoms with Gasteiger partial charge in [-0.1, -0.05) is 34.5 Å². The van der Waals surface area contributed by atoms with E-state index in [0.29, 0.717) is 5.15 Å². The van der Waals surface area contributed by atoms with Crippen molar-refractivity contribution in [1.82, 2.24) is 20.4 Å². The molecule has 2 rings (SSSR count). The van der Waals surface area contributed by atoms with Crippen molar-refractivity contribution in [3.8, 4) is 5.88 Å². The van der Waals surface area contributed by atoms with Crippen molar-refractivity contribution in [1.29, 1.82) is 0 Å². The fourth-order valence-corrected chi connectivity index (χ4v) is 1.30. The van der Waals surface area contributed by atoms with Gasteiger partial charge in [-0.3, -0.25) is 4.79 Å². The van der Waals surface area contributed by atoms with Crippen LogP contribution in [0.5, 0.6) is 5.88 Å². The number of aromatic amines is 1. The lowest BCUT2D eigenvalue weighted by Gasteiger charge is -2.02. The molecule has 2 aromatic rings. The van der Waals surface area contributed by atoms with Gasteiger partial charge >= 0.3 is 28.1 Å². The van der Waals surface area contributed by atoms with Crippen LogP contribution in [0.3, 0.4) is 0 Å². The maximum atomic E-state index is 11.5. The Labute approximate surface area is 174 Å². The Balaban J connectivity index is 0. The second-order valence-corrected chi connectivity index (χ2v) is 6.24. The molecule has 0 atom stereocenters. The van der Waals surface area contributed by atoms with Crippen molar-refractivity contribution in [2.75, 3.05) is 0 Å². The first kappa shape index (κ1) is 29.6. The van der Waals surface area contributed by atoms with Gasteiger partial charge < -0.3 is 9.84 Å². The molecule has 0 aliphatic heterocycles. The van der Waals surface area contributed by atoms with Crippen molar-refractivity contribution in [3.05, 3.63) is 44.9 Å². The highest BCUT2D eigenvalue weighted by Crippen LogP contribution is 2.22. The Morgan fingerprint density at radius 1 is 1.13 bits per heavy atom. The minimum atomic E-state index is -6.33. The van der Waals surface area contributed by atoms with Crippen LogP contribution >= 0.6 is 23.2 Å². The van der Waals surface area contributed by atoms with Crippen molar-refractivity contribution < 1.29 is 44.5 Å². The minimum Gasteiger partial charge on any atom is -0.476 e.